The summed E-state index contributed by atoms with van der Waals surface area (Å²) in [6.45, 7) is 6.98. The van der Waals surface area contributed by atoms with Crippen LogP contribution in [0.2, 0.25) is 0 Å². The van der Waals surface area contributed by atoms with Crippen LogP contribution in [-0.4, -0.2) is 37.9 Å². The van der Waals surface area contributed by atoms with Gasteiger partial charge in [-0.1, -0.05) is 0 Å². The van der Waals surface area contributed by atoms with E-state index in [-0.39, 0.29) is 0 Å². The van der Waals surface area contributed by atoms with Crippen LogP contribution in [0.5, 0.6) is 0 Å². The maximum atomic E-state index is 4.64. The van der Waals surface area contributed by atoms with Gasteiger partial charge in [-0.2, -0.15) is 0 Å². The van der Waals surface area contributed by atoms with Crippen molar-refractivity contribution in [3.8, 4) is 0 Å². The molecule has 0 bridgehead atoms. The predicted molar refractivity (Wildman–Crippen MR) is 80.8 cm³/mol. The van der Waals surface area contributed by atoms with E-state index in [0.29, 0.717) is 5.92 Å². The van der Waals surface area contributed by atoms with E-state index >= 15 is 0 Å². The number of aryl methyl sites for hydroxylation is 2. The lowest BCUT2D eigenvalue weighted by molar-refractivity contribution is 0.196. The Labute approximate surface area is 125 Å². The SMILES string of the molecule is Cc1cncc([C@H]2CCCN(Cc3ccnc(C)n3)C2)n1. The van der Waals surface area contributed by atoms with Gasteiger partial charge in [-0.15, -0.1) is 0 Å². The highest BCUT2D eigenvalue weighted by atomic mass is 15.1. The topological polar surface area (TPSA) is 54.8 Å². The summed E-state index contributed by atoms with van der Waals surface area (Å²) in [5.41, 5.74) is 3.22. The molecule has 3 heterocycles. The lowest BCUT2D eigenvalue weighted by Crippen LogP contribution is -2.34. The first-order valence-corrected chi connectivity index (χ1v) is 7.50. The molecule has 0 saturated carbocycles. The molecule has 1 aliphatic rings. The van der Waals surface area contributed by atoms with Crippen molar-refractivity contribution in [3.05, 3.63) is 47.6 Å². The molecule has 1 atom stereocenters. The minimum atomic E-state index is 0.481. The van der Waals surface area contributed by atoms with Gasteiger partial charge in [-0.3, -0.25) is 14.9 Å². The molecule has 0 aliphatic carbocycles. The molecule has 0 aromatic carbocycles. The molecule has 21 heavy (non-hydrogen) atoms. The molecule has 2 aromatic heterocycles. The fourth-order valence-corrected chi connectivity index (χ4v) is 2.94. The van der Waals surface area contributed by atoms with Gasteiger partial charge in [0.15, 0.2) is 0 Å². The summed E-state index contributed by atoms with van der Waals surface area (Å²) in [5.74, 6) is 1.32. The fraction of sp³-hybridized carbons (Fsp3) is 0.500. The maximum absolute atomic E-state index is 4.64. The van der Waals surface area contributed by atoms with E-state index in [1.165, 1.54) is 12.8 Å². The van der Waals surface area contributed by atoms with Crippen LogP contribution in [0.4, 0.5) is 0 Å². The number of rotatable bonds is 3. The van der Waals surface area contributed by atoms with E-state index in [1.54, 1.807) is 0 Å². The maximum Gasteiger partial charge on any atom is 0.125 e. The smallest absolute Gasteiger partial charge is 0.125 e. The summed E-state index contributed by atoms with van der Waals surface area (Å²) in [4.78, 5) is 20.0. The van der Waals surface area contributed by atoms with Crippen LogP contribution in [0.25, 0.3) is 0 Å². The lowest BCUT2D eigenvalue weighted by atomic mass is 9.95. The van der Waals surface area contributed by atoms with Crippen molar-refractivity contribution in [2.75, 3.05) is 13.1 Å². The zero-order valence-corrected chi connectivity index (χ0v) is 12.7. The van der Waals surface area contributed by atoms with E-state index < -0.39 is 0 Å². The van der Waals surface area contributed by atoms with Crippen LogP contribution in [0, 0.1) is 13.8 Å². The van der Waals surface area contributed by atoms with Crippen molar-refractivity contribution in [2.45, 2.75) is 39.2 Å². The molecule has 5 heteroatoms. The predicted octanol–water partition coefficient (Wildman–Crippen LogP) is 2.26. The molecule has 1 aliphatic heterocycles. The van der Waals surface area contributed by atoms with Crippen LogP contribution >= 0.6 is 0 Å². The standard InChI is InChI=1S/C16H21N5/c1-12-8-17-9-16(19-12)14-4-3-7-21(10-14)11-15-5-6-18-13(2)20-15/h5-6,8-9,14H,3-4,7,10-11H2,1-2H3/t14-/m0/s1. The van der Waals surface area contributed by atoms with Gasteiger partial charge in [-0.05, 0) is 39.3 Å². The third-order valence-electron chi connectivity index (χ3n) is 3.92. The molecule has 5 nitrogen and oxygen atoms in total. The minimum Gasteiger partial charge on any atom is -0.297 e. The average molecular weight is 283 g/mol. The van der Waals surface area contributed by atoms with E-state index in [4.69, 9.17) is 0 Å². The summed E-state index contributed by atoms with van der Waals surface area (Å²) in [7, 11) is 0. The van der Waals surface area contributed by atoms with Gasteiger partial charge < -0.3 is 0 Å². The molecule has 0 radical (unpaired) electrons. The quantitative estimate of drug-likeness (QED) is 0.865. The van der Waals surface area contributed by atoms with Crippen molar-refractivity contribution in [3.63, 3.8) is 0 Å². The second kappa shape index (κ2) is 6.26. The highest BCUT2D eigenvalue weighted by Gasteiger charge is 2.23. The Morgan fingerprint density at radius 1 is 1.24 bits per heavy atom. The largest absolute Gasteiger partial charge is 0.297 e. The highest BCUT2D eigenvalue weighted by Crippen LogP contribution is 2.26. The monoisotopic (exact) mass is 283 g/mol. The second-order valence-electron chi connectivity index (χ2n) is 5.75. The van der Waals surface area contributed by atoms with Gasteiger partial charge in [-0.25, -0.2) is 9.97 Å². The molecule has 3 rings (SSSR count). The van der Waals surface area contributed by atoms with E-state index in [0.717, 1.165) is 42.5 Å². The minimum absolute atomic E-state index is 0.481. The van der Waals surface area contributed by atoms with Gasteiger partial charge in [0.05, 0.1) is 17.1 Å². The van der Waals surface area contributed by atoms with Gasteiger partial charge in [0.1, 0.15) is 5.82 Å². The Hall–Kier alpha value is -1.88. The number of nitrogens with zero attached hydrogens (tertiary/aromatic N) is 5. The van der Waals surface area contributed by atoms with Gasteiger partial charge in [0.25, 0.3) is 0 Å². The Morgan fingerprint density at radius 3 is 2.95 bits per heavy atom. The molecule has 0 N–H and O–H groups in total. The first kappa shape index (κ1) is 14.1. The molecule has 110 valence electrons. The molecule has 0 unspecified atom stereocenters. The molecule has 1 fully saturated rings. The van der Waals surface area contributed by atoms with Gasteiger partial charge in [0.2, 0.25) is 0 Å². The third-order valence-corrected chi connectivity index (χ3v) is 3.92. The van der Waals surface area contributed by atoms with E-state index in [1.807, 2.05) is 38.5 Å². The summed E-state index contributed by atoms with van der Waals surface area (Å²) in [6, 6.07) is 2.00. The van der Waals surface area contributed by atoms with Crippen molar-refractivity contribution < 1.29 is 0 Å². The van der Waals surface area contributed by atoms with Crippen LogP contribution < -0.4 is 0 Å². The molecule has 0 amide bonds. The summed E-state index contributed by atoms with van der Waals surface area (Å²) >= 11 is 0. The van der Waals surface area contributed by atoms with Gasteiger partial charge in [0, 0.05) is 37.6 Å². The number of hydrogen-bond acceptors (Lipinski definition) is 5. The van der Waals surface area contributed by atoms with E-state index in [2.05, 4.69) is 24.8 Å². The first-order valence-electron chi connectivity index (χ1n) is 7.50. The van der Waals surface area contributed by atoms with Crippen LogP contribution in [0.1, 0.15) is 41.7 Å². The summed E-state index contributed by atoms with van der Waals surface area (Å²) < 4.78 is 0. The first-order chi connectivity index (χ1) is 10.2. The molecule has 2 aromatic rings. The molecular formula is C16H21N5. The van der Waals surface area contributed by atoms with Crippen LogP contribution in [0.3, 0.4) is 0 Å². The second-order valence-corrected chi connectivity index (χ2v) is 5.75. The number of aromatic nitrogens is 4. The Balaban J connectivity index is 1.68. The molecule has 0 spiro atoms. The van der Waals surface area contributed by atoms with Crippen LogP contribution in [-0.2, 0) is 6.54 Å². The Kier molecular flexibility index (Phi) is 4.20. The Morgan fingerprint density at radius 2 is 2.14 bits per heavy atom. The number of likely N-dealkylation sites (tertiary alicyclic amines) is 1. The van der Waals surface area contributed by atoms with Crippen molar-refractivity contribution >= 4 is 0 Å². The molecular weight excluding hydrogens is 262 g/mol. The third kappa shape index (κ3) is 3.61. The lowest BCUT2D eigenvalue weighted by Gasteiger charge is -2.32. The Bertz CT molecular complexity index is 613. The number of piperidine rings is 1. The van der Waals surface area contributed by atoms with E-state index in [9.17, 15) is 0 Å². The zero-order chi connectivity index (χ0) is 14.7. The van der Waals surface area contributed by atoms with Crippen LogP contribution in [0.15, 0.2) is 24.7 Å². The highest BCUT2D eigenvalue weighted by molar-refractivity contribution is 5.10. The summed E-state index contributed by atoms with van der Waals surface area (Å²) in [5, 5.41) is 0. The van der Waals surface area contributed by atoms with Crippen molar-refractivity contribution in [1.82, 2.24) is 24.8 Å². The van der Waals surface area contributed by atoms with Gasteiger partial charge >= 0.3 is 0 Å². The van der Waals surface area contributed by atoms with Crippen molar-refractivity contribution in [1.29, 1.82) is 0 Å². The summed E-state index contributed by atoms with van der Waals surface area (Å²) in [6.07, 6.45) is 7.96. The average Bonchev–Trinajstić information content (AvgIpc) is 2.47. The fourth-order valence-electron chi connectivity index (χ4n) is 2.94. The number of hydrogen-bond donors (Lipinski definition) is 0. The molecule has 1 saturated heterocycles. The normalized spacial score (nSPS) is 19.6. The van der Waals surface area contributed by atoms with Crippen molar-refractivity contribution in [2.24, 2.45) is 0 Å². The zero-order valence-electron chi connectivity index (χ0n) is 12.7.